The maximum atomic E-state index is 9.79. The molecule has 0 unspecified atom stereocenters. The predicted molar refractivity (Wildman–Crippen MR) is 229 cm³/mol. The zero-order chi connectivity index (χ0) is 37.5. The summed E-state index contributed by atoms with van der Waals surface area (Å²) in [4.78, 5) is 9.97. The SMILES string of the molecule is N#Cc1ccc2c(c1)C1(CCCCC1)c1cccc(-c3ccc(-c4cccc(-c5ccc(-c6cc(-c7ccccc7)nc(-c7ccccc7)n6)cc5)c4)cc3)c1-2. The summed E-state index contributed by atoms with van der Waals surface area (Å²) in [6.45, 7) is 0. The minimum absolute atomic E-state index is 0.00932. The molecule has 8 aromatic rings. The van der Waals surface area contributed by atoms with Gasteiger partial charge in [-0.05, 0) is 92.7 Å². The number of benzene rings is 7. The Labute approximate surface area is 328 Å². The summed E-state index contributed by atoms with van der Waals surface area (Å²) >= 11 is 0. The van der Waals surface area contributed by atoms with E-state index in [9.17, 15) is 5.26 Å². The van der Waals surface area contributed by atoms with E-state index in [2.05, 4.69) is 140 Å². The molecular formula is C53H39N3. The van der Waals surface area contributed by atoms with Crippen LogP contribution in [0.15, 0.2) is 176 Å². The minimum Gasteiger partial charge on any atom is -0.228 e. The van der Waals surface area contributed by atoms with Crippen LogP contribution in [0.4, 0.5) is 0 Å². The molecule has 1 aromatic heterocycles. The minimum atomic E-state index is 0.00932. The van der Waals surface area contributed by atoms with Crippen LogP contribution in [0.1, 0.15) is 48.8 Å². The van der Waals surface area contributed by atoms with Gasteiger partial charge < -0.3 is 0 Å². The van der Waals surface area contributed by atoms with Crippen molar-refractivity contribution >= 4 is 0 Å². The standard InChI is InChI=1S/C53H39N3/c54-35-36-20-29-46-48(32-36)53(30-8-3-9-31-53)47-19-11-18-45(51(46)47)39-25-21-37(22-26-39)43-16-10-17-44(33-43)38-23-27-41(28-24-38)50-34-49(40-12-4-1-5-13-40)55-52(56-50)42-14-6-2-7-15-42/h1-2,4-7,10-29,32-34H,3,8-9,30-31H2. The van der Waals surface area contributed by atoms with E-state index in [1.165, 1.54) is 69.3 Å². The molecule has 3 heteroatoms. The smallest absolute Gasteiger partial charge is 0.160 e. The number of nitriles is 1. The van der Waals surface area contributed by atoms with Crippen molar-refractivity contribution < 1.29 is 0 Å². The van der Waals surface area contributed by atoms with Gasteiger partial charge in [0.15, 0.2) is 5.82 Å². The molecule has 0 saturated heterocycles. The number of hydrogen-bond donors (Lipinski definition) is 0. The molecule has 1 spiro atoms. The monoisotopic (exact) mass is 717 g/mol. The van der Waals surface area contributed by atoms with Crippen LogP contribution in [-0.2, 0) is 5.41 Å². The molecule has 10 rings (SSSR count). The van der Waals surface area contributed by atoms with Crippen LogP contribution >= 0.6 is 0 Å². The van der Waals surface area contributed by atoms with E-state index in [4.69, 9.17) is 9.97 Å². The van der Waals surface area contributed by atoms with Crippen LogP contribution in [0.3, 0.4) is 0 Å². The lowest BCUT2D eigenvalue weighted by Gasteiger charge is -2.36. The molecule has 2 aliphatic rings. The summed E-state index contributed by atoms with van der Waals surface area (Å²) in [5.74, 6) is 0.716. The van der Waals surface area contributed by atoms with E-state index in [-0.39, 0.29) is 5.41 Å². The van der Waals surface area contributed by atoms with Gasteiger partial charge >= 0.3 is 0 Å². The third kappa shape index (κ3) is 5.92. The molecular weight excluding hydrogens is 679 g/mol. The Morgan fingerprint density at radius 3 is 1.61 bits per heavy atom. The Morgan fingerprint density at radius 2 is 0.964 bits per heavy atom. The second-order valence-corrected chi connectivity index (χ2v) is 15.2. The molecule has 56 heavy (non-hydrogen) atoms. The van der Waals surface area contributed by atoms with Crippen molar-refractivity contribution in [3.05, 3.63) is 193 Å². The van der Waals surface area contributed by atoms with Crippen molar-refractivity contribution in [2.75, 3.05) is 0 Å². The van der Waals surface area contributed by atoms with Gasteiger partial charge in [0.2, 0.25) is 0 Å². The van der Waals surface area contributed by atoms with Gasteiger partial charge in [-0.3, -0.25) is 0 Å². The van der Waals surface area contributed by atoms with Crippen molar-refractivity contribution in [3.63, 3.8) is 0 Å². The average Bonchev–Trinajstić information content (AvgIpc) is 3.55. The zero-order valence-corrected chi connectivity index (χ0v) is 31.1. The van der Waals surface area contributed by atoms with Crippen LogP contribution in [0, 0.1) is 11.3 Å². The summed E-state index contributed by atoms with van der Waals surface area (Å²) in [7, 11) is 0. The molecule has 1 saturated carbocycles. The highest BCUT2D eigenvalue weighted by Crippen LogP contribution is 2.58. The molecule has 266 valence electrons. The van der Waals surface area contributed by atoms with Gasteiger partial charge in [0.1, 0.15) is 0 Å². The Hall–Kier alpha value is -6.89. The molecule has 0 amide bonds. The molecule has 7 aromatic carbocycles. The highest BCUT2D eigenvalue weighted by atomic mass is 14.9. The fourth-order valence-corrected chi connectivity index (χ4v) is 9.17. The normalized spacial score (nSPS) is 13.8. The molecule has 1 heterocycles. The van der Waals surface area contributed by atoms with Crippen molar-refractivity contribution in [2.24, 2.45) is 0 Å². The van der Waals surface area contributed by atoms with Crippen LogP contribution in [0.25, 0.3) is 78.4 Å². The Balaban J connectivity index is 0.952. The van der Waals surface area contributed by atoms with Crippen LogP contribution in [0.5, 0.6) is 0 Å². The molecule has 1 fully saturated rings. The van der Waals surface area contributed by atoms with Crippen LogP contribution in [-0.4, -0.2) is 9.97 Å². The van der Waals surface area contributed by atoms with Crippen molar-refractivity contribution in [2.45, 2.75) is 37.5 Å². The average molecular weight is 718 g/mol. The van der Waals surface area contributed by atoms with Crippen LogP contribution < -0.4 is 0 Å². The second-order valence-electron chi connectivity index (χ2n) is 15.2. The highest BCUT2D eigenvalue weighted by molar-refractivity contribution is 5.93. The third-order valence-electron chi connectivity index (χ3n) is 12.0. The third-order valence-corrected chi connectivity index (χ3v) is 12.0. The Kier molecular flexibility index (Phi) is 8.46. The lowest BCUT2D eigenvalue weighted by atomic mass is 9.67. The summed E-state index contributed by atoms with van der Waals surface area (Å²) in [6.07, 6.45) is 6.03. The van der Waals surface area contributed by atoms with E-state index < -0.39 is 0 Å². The number of fused-ring (bicyclic) bond motifs is 5. The highest BCUT2D eigenvalue weighted by Gasteiger charge is 2.44. The van der Waals surface area contributed by atoms with Crippen LogP contribution in [0.2, 0.25) is 0 Å². The first-order chi connectivity index (χ1) is 27.7. The predicted octanol–water partition coefficient (Wildman–Crippen LogP) is 13.6. The van der Waals surface area contributed by atoms with Crippen molar-refractivity contribution in [3.8, 4) is 84.5 Å². The zero-order valence-electron chi connectivity index (χ0n) is 31.1. The molecule has 0 aliphatic heterocycles. The van der Waals surface area contributed by atoms with Crippen molar-refractivity contribution in [1.82, 2.24) is 9.97 Å². The summed E-state index contributed by atoms with van der Waals surface area (Å²) < 4.78 is 0. The van der Waals surface area contributed by atoms with E-state index in [0.717, 1.165) is 52.0 Å². The number of nitrogens with zero attached hydrogens (tertiary/aromatic N) is 3. The first-order valence-corrected chi connectivity index (χ1v) is 19.7. The van der Waals surface area contributed by atoms with E-state index in [1.807, 2.05) is 42.5 Å². The number of aromatic nitrogens is 2. The molecule has 0 atom stereocenters. The quantitative estimate of drug-likeness (QED) is 0.172. The molecule has 0 bridgehead atoms. The van der Waals surface area contributed by atoms with Gasteiger partial charge in [0, 0.05) is 22.1 Å². The fourth-order valence-electron chi connectivity index (χ4n) is 9.17. The van der Waals surface area contributed by atoms with Gasteiger partial charge in [-0.25, -0.2) is 9.97 Å². The first kappa shape index (κ1) is 33.7. The van der Waals surface area contributed by atoms with Gasteiger partial charge in [0.05, 0.1) is 23.0 Å². The van der Waals surface area contributed by atoms with Gasteiger partial charge in [-0.15, -0.1) is 0 Å². The Morgan fingerprint density at radius 1 is 0.411 bits per heavy atom. The summed E-state index contributed by atoms with van der Waals surface area (Å²) in [5.41, 5.74) is 18.3. The van der Waals surface area contributed by atoms with Gasteiger partial charge in [-0.1, -0.05) is 171 Å². The molecule has 0 radical (unpaired) electrons. The topological polar surface area (TPSA) is 49.6 Å². The van der Waals surface area contributed by atoms with Crippen molar-refractivity contribution in [1.29, 1.82) is 5.26 Å². The first-order valence-electron chi connectivity index (χ1n) is 19.7. The van der Waals surface area contributed by atoms with Gasteiger partial charge in [0.25, 0.3) is 0 Å². The second kappa shape index (κ2) is 14.1. The number of rotatable bonds is 6. The summed E-state index contributed by atoms with van der Waals surface area (Å²) in [6, 6.07) is 64.8. The fraction of sp³-hybridized carbons (Fsp3) is 0.113. The van der Waals surface area contributed by atoms with E-state index >= 15 is 0 Å². The van der Waals surface area contributed by atoms with Gasteiger partial charge in [-0.2, -0.15) is 5.26 Å². The lowest BCUT2D eigenvalue weighted by molar-refractivity contribution is 0.353. The number of hydrogen-bond acceptors (Lipinski definition) is 3. The lowest BCUT2D eigenvalue weighted by Crippen LogP contribution is -2.28. The van der Waals surface area contributed by atoms with E-state index in [1.54, 1.807) is 0 Å². The molecule has 0 N–H and O–H groups in total. The molecule has 2 aliphatic carbocycles. The van der Waals surface area contributed by atoms with E-state index in [0.29, 0.717) is 5.82 Å². The maximum absolute atomic E-state index is 9.79. The maximum Gasteiger partial charge on any atom is 0.160 e. The Bertz CT molecular complexity index is 2700. The molecule has 3 nitrogen and oxygen atoms in total. The summed E-state index contributed by atoms with van der Waals surface area (Å²) in [5, 5.41) is 9.79. The largest absolute Gasteiger partial charge is 0.228 e.